The van der Waals surface area contributed by atoms with Crippen LogP contribution in [-0.4, -0.2) is 16.6 Å². The van der Waals surface area contributed by atoms with Crippen molar-refractivity contribution in [1.29, 1.82) is 0 Å². The maximum absolute atomic E-state index is 13.6. The molecule has 0 amide bonds. The maximum atomic E-state index is 13.6. The first kappa shape index (κ1) is 14.0. The first-order chi connectivity index (χ1) is 10.5. The van der Waals surface area contributed by atoms with Crippen molar-refractivity contribution in [1.82, 2.24) is 4.98 Å². The summed E-state index contributed by atoms with van der Waals surface area (Å²) in [4.78, 5) is 27.9. The number of Topliss-reactive ketones (excluding diaryl/α,β-unsaturated/α-hetero) is 1. The van der Waals surface area contributed by atoms with Crippen LogP contribution in [0.4, 0.5) is 18.9 Å². The summed E-state index contributed by atoms with van der Waals surface area (Å²) in [5, 5.41) is 2.32. The Hall–Kier alpha value is -2.96. The Morgan fingerprint density at radius 1 is 1.00 bits per heavy atom. The number of rotatable bonds is 2. The van der Waals surface area contributed by atoms with Gasteiger partial charge in [-0.05, 0) is 24.3 Å². The topological polar surface area (TPSA) is 59.1 Å². The molecular weight excluding hydrogens is 297 g/mol. The van der Waals surface area contributed by atoms with Gasteiger partial charge in [0.25, 0.3) is 0 Å². The number of benzene rings is 1. The maximum Gasteiger partial charge on any atom is 0.211 e. The van der Waals surface area contributed by atoms with Crippen LogP contribution in [-0.2, 0) is 0 Å². The van der Waals surface area contributed by atoms with Crippen LogP contribution in [0.5, 0.6) is 0 Å². The molecule has 2 aromatic rings. The molecule has 0 radical (unpaired) electrons. The van der Waals surface area contributed by atoms with Gasteiger partial charge in [-0.25, -0.2) is 13.2 Å². The van der Waals surface area contributed by atoms with Crippen molar-refractivity contribution >= 4 is 17.3 Å². The molecular formula is C15H7F3N2O2. The van der Waals surface area contributed by atoms with Gasteiger partial charge < -0.3 is 5.32 Å². The summed E-state index contributed by atoms with van der Waals surface area (Å²) >= 11 is 0. The van der Waals surface area contributed by atoms with Crippen LogP contribution in [0, 0.1) is 17.5 Å². The molecule has 1 aliphatic carbocycles. The second-order valence-electron chi connectivity index (χ2n) is 4.50. The number of nitrogens with zero attached hydrogens (tertiary/aromatic N) is 1. The minimum atomic E-state index is -1.66. The Bertz CT molecular complexity index is 847. The summed E-state index contributed by atoms with van der Waals surface area (Å²) < 4.78 is 39.7. The number of hydrogen-bond acceptors (Lipinski definition) is 4. The predicted octanol–water partition coefficient (Wildman–Crippen LogP) is 2.87. The van der Waals surface area contributed by atoms with Crippen molar-refractivity contribution in [3.63, 3.8) is 0 Å². The molecule has 0 atom stereocenters. The van der Waals surface area contributed by atoms with Crippen molar-refractivity contribution < 1.29 is 22.8 Å². The third kappa shape index (κ3) is 2.16. The molecule has 1 aromatic carbocycles. The standard InChI is InChI=1S/C15H7F3N2O2/c16-8-3-4-9(13(18)12(8)17)20-10-6-11(21)14-7(15(10)22)2-1-5-19-14/h1-6,20H. The predicted molar refractivity (Wildman–Crippen MR) is 70.9 cm³/mol. The number of halogens is 3. The van der Waals surface area contributed by atoms with E-state index in [9.17, 15) is 22.8 Å². The number of hydrogen-bond donors (Lipinski definition) is 1. The molecule has 0 saturated carbocycles. The molecule has 0 fully saturated rings. The second kappa shape index (κ2) is 5.10. The number of allylic oxidation sites excluding steroid dienone is 2. The number of ketones is 2. The molecule has 0 unspecified atom stereocenters. The van der Waals surface area contributed by atoms with Gasteiger partial charge in [-0.2, -0.15) is 0 Å². The van der Waals surface area contributed by atoms with Crippen LogP contribution in [0.2, 0.25) is 0 Å². The Morgan fingerprint density at radius 3 is 2.55 bits per heavy atom. The van der Waals surface area contributed by atoms with Crippen LogP contribution in [0.3, 0.4) is 0 Å². The van der Waals surface area contributed by atoms with E-state index >= 15 is 0 Å². The van der Waals surface area contributed by atoms with Crippen LogP contribution in [0.15, 0.2) is 42.2 Å². The van der Waals surface area contributed by atoms with Crippen molar-refractivity contribution in [2.45, 2.75) is 0 Å². The van der Waals surface area contributed by atoms with E-state index in [1.165, 1.54) is 18.3 Å². The zero-order chi connectivity index (χ0) is 15.9. The van der Waals surface area contributed by atoms with Crippen molar-refractivity contribution in [3.05, 3.63) is 70.9 Å². The Labute approximate surface area is 122 Å². The number of carbonyl (C=O) groups excluding carboxylic acids is 2. The molecule has 0 spiro atoms. The fraction of sp³-hybridized carbons (Fsp3) is 0. The summed E-state index contributed by atoms with van der Waals surface area (Å²) in [5.41, 5.74) is -0.640. The van der Waals surface area contributed by atoms with Crippen LogP contribution in [0.1, 0.15) is 20.8 Å². The van der Waals surface area contributed by atoms with Gasteiger partial charge in [0, 0.05) is 12.3 Å². The summed E-state index contributed by atoms with van der Waals surface area (Å²) in [6.07, 6.45) is 2.31. The molecule has 0 bridgehead atoms. The van der Waals surface area contributed by atoms with Crippen LogP contribution >= 0.6 is 0 Å². The van der Waals surface area contributed by atoms with Gasteiger partial charge in [0.2, 0.25) is 11.6 Å². The third-order valence-electron chi connectivity index (χ3n) is 3.11. The van der Waals surface area contributed by atoms with Gasteiger partial charge in [-0.3, -0.25) is 14.6 Å². The largest absolute Gasteiger partial charge is 0.350 e. The van der Waals surface area contributed by atoms with Crippen LogP contribution < -0.4 is 5.32 Å². The minimum Gasteiger partial charge on any atom is -0.350 e. The van der Waals surface area contributed by atoms with Gasteiger partial charge >= 0.3 is 0 Å². The van der Waals surface area contributed by atoms with Crippen LogP contribution in [0.25, 0.3) is 0 Å². The summed E-state index contributed by atoms with van der Waals surface area (Å²) in [6, 6.07) is 4.53. The Kier molecular flexibility index (Phi) is 3.25. The molecule has 3 rings (SSSR count). The van der Waals surface area contributed by atoms with Gasteiger partial charge in [-0.15, -0.1) is 0 Å². The molecule has 0 aliphatic heterocycles. The van der Waals surface area contributed by atoms with E-state index in [0.29, 0.717) is 6.07 Å². The summed E-state index contributed by atoms with van der Waals surface area (Å²) in [5.74, 6) is -5.62. The van der Waals surface area contributed by atoms with Gasteiger partial charge in [0.05, 0.1) is 16.9 Å². The minimum absolute atomic E-state index is 0.0104. The number of pyridine rings is 1. The first-order valence-corrected chi connectivity index (χ1v) is 6.15. The van der Waals surface area contributed by atoms with E-state index in [1.54, 1.807) is 0 Å². The summed E-state index contributed by atoms with van der Waals surface area (Å²) in [6.45, 7) is 0. The number of fused-ring (bicyclic) bond motifs is 1. The molecule has 0 saturated heterocycles. The number of carbonyl (C=O) groups is 2. The molecule has 1 aliphatic rings. The highest BCUT2D eigenvalue weighted by Gasteiger charge is 2.27. The normalized spacial score (nSPS) is 13.7. The lowest BCUT2D eigenvalue weighted by Gasteiger charge is -2.16. The van der Waals surface area contributed by atoms with Gasteiger partial charge in [-0.1, -0.05) is 0 Å². The monoisotopic (exact) mass is 304 g/mol. The lowest BCUT2D eigenvalue weighted by molar-refractivity contribution is 0.0982. The lowest BCUT2D eigenvalue weighted by atomic mass is 9.97. The highest BCUT2D eigenvalue weighted by Crippen LogP contribution is 2.24. The smallest absolute Gasteiger partial charge is 0.211 e. The molecule has 1 heterocycles. The Balaban J connectivity index is 2.00. The van der Waals surface area contributed by atoms with E-state index in [2.05, 4.69) is 10.3 Å². The molecule has 110 valence electrons. The lowest BCUT2D eigenvalue weighted by Crippen LogP contribution is -2.23. The van der Waals surface area contributed by atoms with Crippen molar-refractivity contribution in [2.24, 2.45) is 0 Å². The molecule has 7 heteroatoms. The fourth-order valence-corrected chi connectivity index (χ4v) is 2.06. The number of aromatic nitrogens is 1. The Morgan fingerprint density at radius 2 is 1.77 bits per heavy atom. The van der Waals surface area contributed by atoms with E-state index in [4.69, 9.17) is 0 Å². The average Bonchev–Trinajstić information content (AvgIpc) is 2.53. The SMILES string of the molecule is O=C1C(Nc2ccc(F)c(F)c2F)=CC(=O)c2ncccc21. The fourth-order valence-electron chi connectivity index (χ4n) is 2.06. The molecule has 4 nitrogen and oxygen atoms in total. The third-order valence-corrected chi connectivity index (χ3v) is 3.11. The summed E-state index contributed by atoms with van der Waals surface area (Å²) in [7, 11) is 0. The quantitative estimate of drug-likeness (QED) is 0.867. The zero-order valence-corrected chi connectivity index (χ0v) is 10.9. The number of anilines is 1. The van der Waals surface area contributed by atoms with E-state index in [-0.39, 0.29) is 17.0 Å². The number of nitrogens with one attached hydrogen (secondary N) is 1. The molecule has 1 aromatic heterocycles. The van der Waals surface area contributed by atoms with Crippen molar-refractivity contribution in [3.8, 4) is 0 Å². The highest BCUT2D eigenvalue weighted by atomic mass is 19.2. The van der Waals surface area contributed by atoms with E-state index in [1.807, 2.05) is 0 Å². The zero-order valence-electron chi connectivity index (χ0n) is 10.9. The highest BCUT2D eigenvalue weighted by molar-refractivity contribution is 6.24. The van der Waals surface area contributed by atoms with Crippen molar-refractivity contribution in [2.75, 3.05) is 5.32 Å². The average molecular weight is 304 g/mol. The molecule has 22 heavy (non-hydrogen) atoms. The second-order valence-corrected chi connectivity index (χ2v) is 4.50. The van der Waals surface area contributed by atoms with Gasteiger partial charge in [0.1, 0.15) is 5.69 Å². The van der Waals surface area contributed by atoms with Gasteiger partial charge in [0.15, 0.2) is 17.5 Å². The molecule has 1 N–H and O–H groups in total. The van der Waals surface area contributed by atoms with E-state index in [0.717, 1.165) is 12.1 Å². The van der Waals surface area contributed by atoms with E-state index < -0.39 is 34.7 Å². The first-order valence-electron chi connectivity index (χ1n) is 6.15.